The number of hydrogen-bond acceptors (Lipinski definition) is 3. The molecule has 0 radical (unpaired) electrons. The van der Waals surface area contributed by atoms with Crippen LogP contribution in [0.5, 0.6) is 0 Å². The van der Waals surface area contributed by atoms with Crippen molar-refractivity contribution >= 4 is 0 Å². The van der Waals surface area contributed by atoms with E-state index in [1.165, 1.54) is 6.42 Å². The molecule has 1 saturated heterocycles. The average molecular weight is 193 g/mol. The summed E-state index contributed by atoms with van der Waals surface area (Å²) >= 11 is 0. The average Bonchev–Trinajstić information content (AvgIpc) is 2.63. The van der Waals surface area contributed by atoms with Crippen LogP contribution in [0, 0.1) is 17.2 Å². The first-order chi connectivity index (χ1) is 6.77. The van der Waals surface area contributed by atoms with Gasteiger partial charge in [-0.25, -0.2) is 0 Å². The van der Waals surface area contributed by atoms with E-state index in [4.69, 9.17) is 0 Å². The van der Waals surface area contributed by atoms with E-state index in [0.717, 1.165) is 44.9 Å². The Kier molecular flexibility index (Phi) is 2.76. The third-order valence-electron chi connectivity index (χ3n) is 3.67. The Balaban J connectivity index is 2.08. The second kappa shape index (κ2) is 3.88. The van der Waals surface area contributed by atoms with Gasteiger partial charge in [0.2, 0.25) is 0 Å². The van der Waals surface area contributed by atoms with Crippen molar-refractivity contribution in [2.24, 2.45) is 5.92 Å². The van der Waals surface area contributed by atoms with Gasteiger partial charge in [0.25, 0.3) is 0 Å². The fourth-order valence-electron chi connectivity index (χ4n) is 2.82. The van der Waals surface area contributed by atoms with Crippen LogP contribution in [0.1, 0.15) is 26.2 Å². The molecule has 1 N–H and O–H groups in total. The van der Waals surface area contributed by atoms with Crippen LogP contribution in [0.4, 0.5) is 0 Å². The van der Waals surface area contributed by atoms with Crippen LogP contribution in [0.3, 0.4) is 0 Å². The number of nitriles is 1. The van der Waals surface area contributed by atoms with Gasteiger partial charge in [-0.2, -0.15) is 5.26 Å². The molecule has 0 bridgehead atoms. The summed E-state index contributed by atoms with van der Waals surface area (Å²) in [5, 5.41) is 12.7. The fourth-order valence-corrected chi connectivity index (χ4v) is 2.82. The maximum atomic E-state index is 9.37. The van der Waals surface area contributed by atoms with E-state index >= 15 is 0 Å². The standard InChI is InChI=1S/C11H19N3/c1-10-2-3-11(8-10,9-12)14-6-4-13-5-7-14/h10,13H,2-8H2,1H3. The van der Waals surface area contributed by atoms with Gasteiger partial charge in [0.05, 0.1) is 6.07 Å². The van der Waals surface area contributed by atoms with E-state index in [9.17, 15) is 5.26 Å². The molecular formula is C11H19N3. The van der Waals surface area contributed by atoms with E-state index in [1.807, 2.05) is 0 Å². The monoisotopic (exact) mass is 193 g/mol. The van der Waals surface area contributed by atoms with Gasteiger partial charge >= 0.3 is 0 Å². The SMILES string of the molecule is CC1CCC(C#N)(N2CCNCC2)C1. The number of piperazine rings is 1. The van der Waals surface area contributed by atoms with Crippen molar-refractivity contribution in [3.8, 4) is 6.07 Å². The van der Waals surface area contributed by atoms with E-state index in [-0.39, 0.29) is 5.54 Å². The Morgan fingerprint density at radius 1 is 1.43 bits per heavy atom. The fraction of sp³-hybridized carbons (Fsp3) is 0.909. The molecule has 2 fully saturated rings. The van der Waals surface area contributed by atoms with Crippen molar-refractivity contribution in [1.82, 2.24) is 10.2 Å². The molecule has 0 amide bonds. The second-order valence-electron chi connectivity index (χ2n) is 4.73. The van der Waals surface area contributed by atoms with Crippen molar-refractivity contribution in [2.45, 2.75) is 31.7 Å². The summed E-state index contributed by atoms with van der Waals surface area (Å²) in [5.74, 6) is 0.726. The van der Waals surface area contributed by atoms with Crippen LogP contribution < -0.4 is 5.32 Å². The minimum Gasteiger partial charge on any atom is -0.314 e. The van der Waals surface area contributed by atoms with Crippen LogP contribution >= 0.6 is 0 Å². The van der Waals surface area contributed by atoms with Gasteiger partial charge in [0, 0.05) is 26.2 Å². The first-order valence-corrected chi connectivity index (χ1v) is 5.64. The Hall–Kier alpha value is -0.590. The van der Waals surface area contributed by atoms with Gasteiger partial charge in [0.15, 0.2) is 0 Å². The molecule has 0 spiro atoms. The second-order valence-corrected chi connectivity index (χ2v) is 4.73. The van der Waals surface area contributed by atoms with E-state index in [2.05, 4.69) is 23.2 Å². The van der Waals surface area contributed by atoms with Crippen molar-refractivity contribution in [3.63, 3.8) is 0 Å². The lowest BCUT2D eigenvalue weighted by atomic mass is 9.95. The van der Waals surface area contributed by atoms with Gasteiger partial charge in [-0.05, 0) is 25.2 Å². The minimum atomic E-state index is -0.123. The van der Waals surface area contributed by atoms with E-state index < -0.39 is 0 Å². The number of nitrogens with zero attached hydrogens (tertiary/aromatic N) is 2. The molecule has 14 heavy (non-hydrogen) atoms. The molecule has 0 aromatic rings. The number of nitrogens with one attached hydrogen (secondary N) is 1. The molecule has 0 aromatic heterocycles. The first kappa shape index (κ1) is 9.95. The molecule has 1 aliphatic carbocycles. The lowest BCUT2D eigenvalue weighted by Gasteiger charge is -2.38. The molecule has 2 rings (SSSR count). The molecular weight excluding hydrogens is 174 g/mol. The summed E-state index contributed by atoms with van der Waals surface area (Å²) < 4.78 is 0. The van der Waals surface area contributed by atoms with Crippen molar-refractivity contribution in [3.05, 3.63) is 0 Å². The third-order valence-corrected chi connectivity index (χ3v) is 3.67. The molecule has 2 atom stereocenters. The largest absolute Gasteiger partial charge is 0.314 e. The molecule has 2 aliphatic rings. The molecule has 3 nitrogen and oxygen atoms in total. The highest BCUT2D eigenvalue weighted by Crippen LogP contribution is 2.38. The summed E-state index contributed by atoms with van der Waals surface area (Å²) in [5.41, 5.74) is -0.123. The zero-order valence-corrected chi connectivity index (χ0v) is 8.92. The van der Waals surface area contributed by atoms with Crippen LogP contribution in [-0.2, 0) is 0 Å². The molecule has 1 aliphatic heterocycles. The molecule has 0 aromatic carbocycles. The minimum absolute atomic E-state index is 0.123. The van der Waals surface area contributed by atoms with Crippen LogP contribution in [0.15, 0.2) is 0 Å². The molecule has 3 heteroatoms. The Morgan fingerprint density at radius 3 is 2.64 bits per heavy atom. The Morgan fingerprint density at radius 2 is 2.14 bits per heavy atom. The molecule has 1 heterocycles. The zero-order valence-electron chi connectivity index (χ0n) is 8.92. The normalized spacial score (nSPS) is 39.6. The van der Waals surface area contributed by atoms with Gasteiger partial charge in [0.1, 0.15) is 5.54 Å². The lowest BCUT2D eigenvalue weighted by Crippen LogP contribution is -2.54. The van der Waals surface area contributed by atoms with E-state index in [0.29, 0.717) is 0 Å². The van der Waals surface area contributed by atoms with Crippen LogP contribution in [0.2, 0.25) is 0 Å². The Bertz CT molecular complexity index is 239. The third kappa shape index (κ3) is 1.65. The van der Waals surface area contributed by atoms with Crippen molar-refractivity contribution < 1.29 is 0 Å². The summed E-state index contributed by atoms with van der Waals surface area (Å²) in [6, 6.07) is 2.58. The van der Waals surface area contributed by atoms with Crippen molar-refractivity contribution in [2.75, 3.05) is 26.2 Å². The summed E-state index contributed by atoms with van der Waals surface area (Å²) in [6.07, 6.45) is 3.37. The quantitative estimate of drug-likeness (QED) is 0.674. The maximum absolute atomic E-state index is 9.37. The van der Waals surface area contributed by atoms with Crippen LogP contribution in [-0.4, -0.2) is 36.6 Å². The van der Waals surface area contributed by atoms with Gasteiger partial charge < -0.3 is 5.32 Å². The molecule has 2 unspecified atom stereocenters. The topological polar surface area (TPSA) is 39.1 Å². The molecule has 78 valence electrons. The highest BCUT2D eigenvalue weighted by molar-refractivity contribution is 5.12. The van der Waals surface area contributed by atoms with E-state index in [1.54, 1.807) is 0 Å². The Labute approximate surface area is 86.1 Å². The maximum Gasteiger partial charge on any atom is 0.109 e. The predicted molar refractivity (Wildman–Crippen MR) is 55.8 cm³/mol. The first-order valence-electron chi connectivity index (χ1n) is 5.64. The highest BCUT2D eigenvalue weighted by atomic mass is 15.2. The molecule has 1 saturated carbocycles. The van der Waals surface area contributed by atoms with Gasteiger partial charge in [-0.3, -0.25) is 4.90 Å². The predicted octanol–water partition coefficient (Wildman–Crippen LogP) is 0.974. The summed E-state index contributed by atoms with van der Waals surface area (Å²) in [7, 11) is 0. The van der Waals surface area contributed by atoms with Gasteiger partial charge in [-0.1, -0.05) is 6.92 Å². The number of hydrogen-bond donors (Lipinski definition) is 1. The van der Waals surface area contributed by atoms with Gasteiger partial charge in [-0.15, -0.1) is 0 Å². The lowest BCUT2D eigenvalue weighted by molar-refractivity contribution is 0.120. The highest BCUT2D eigenvalue weighted by Gasteiger charge is 2.42. The van der Waals surface area contributed by atoms with Crippen molar-refractivity contribution in [1.29, 1.82) is 5.26 Å². The number of rotatable bonds is 1. The summed E-state index contributed by atoms with van der Waals surface area (Å²) in [4.78, 5) is 2.40. The summed E-state index contributed by atoms with van der Waals surface area (Å²) in [6.45, 7) is 6.43. The smallest absolute Gasteiger partial charge is 0.109 e. The zero-order chi connectivity index (χ0) is 10.0. The van der Waals surface area contributed by atoms with Crippen LogP contribution in [0.25, 0.3) is 0 Å².